The Morgan fingerprint density at radius 1 is 1.00 bits per heavy atom. The van der Waals surface area contributed by atoms with Crippen LogP contribution in [0.4, 0.5) is 15.8 Å². The summed E-state index contributed by atoms with van der Waals surface area (Å²) in [6.07, 6.45) is 3.28. The number of hydrogen-bond acceptors (Lipinski definition) is 7. The average molecular weight is 542 g/mol. The van der Waals surface area contributed by atoms with E-state index in [1.54, 1.807) is 61.8 Å². The van der Waals surface area contributed by atoms with Crippen molar-refractivity contribution in [2.24, 2.45) is 0 Å². The predicted molar refractivity (Wildman–Crippen MR) is 148 cm³/mol. The van der Waals surface area contributed by atoms with Crippen molar-refractivity contribution in [1.82, 2.24) is 15.4 Å². The van der Waals surface area contributed by atoms with E-state index in [1.807, 2.05) is 23.1 Å². The zero-order valence-electron chi connectivity index (χ0n) is 21.9. The lowest BCUT2D eigenvalue weighted by molar-refractivity contribution is 0.0887. The minimum atomic E-state index is -0.639. The smallest absolute Gasteiger partial charge is 0.278 e. The number of amides is 2. The number of hydrogen-bond donors (Lipinski definition) is 1. The highest BCUT2D eigenvalue weighted by Gasteiger charge is 2.24. The Kier molecular flexibility index (Phi) is 8.26. The van der Waals surface area contributed by atoms with Crippen LogP contribution >= 0.6 is 0 Å². The van der Waals surface area contributed by atoms with E-state index < -0.39 is 17.6 Å². The maximum atomic E-state index is 14.6. The van der Waals surface area contributed by atoms with Crippen LogP contribution in [0.1, 0.15) is 32.1 Å². The molecule has 0 bridgehead atoms. The van der Waals surface area contributed by atoms with E-state index >= 15 is 0 Å². The molecule has 5 rings (SSSR count). The first-order chi connectivity index (χ1) is 19.5. The van der Waals surface area contributed by atoms with Gasteiger partial charge in [-0.2, -0.15) is 0 Å². The minimum absolute atomic E-state index is 0.0810. The first-order valence-electron chi connectivity index (χ1n) is 12.8. The normalized spacial score (nSPS) is 13.0. The molecule has 1 N–H and O–H groups in total. The molecule has 1 fully saturated rings. The van der Waals surface area contributed by atoms with E-state index in [0.29, 0.717) is 54.7 Å². The zero-order chi connectivity index (χ0) is 27.9. The number of pyridine rings is 2. The van der Waals surface area contributed by atoms with E-state index in [2.05, 4.69) is 15.4 Å². The number of benzene rings is 2. The number of nitrogens with one attached hydrogen (secondary N) is 1. The molecule has 2 amide bonds. The van der Waals surface area contributed by atoms with Crippen molar-refractivity contribution in [2.75, 3.05) is 36.2 Å². The summed E-state index contributed by atoms with van der Waals surface area (Å²) in [6, 6.07) is 19.7. The Morgan fingerprint density at radius 3 is 2.50 bits per heavy atom. The third-order valence-electron chi connectivity index (χ3n) is 6.38. The van der Waals surface area contributed by atoms with Crippen LogP contribution in [0, 0.1) is 12.7 Å². The van der Waals surface area contributed by atoms with Crippen molar-refractivity contribution in [3.63, 3.8) is 0 Å². The molecular formula is C30H28FN5O4. The van der Waals surface area contributed by atoms with Crippen molar-refractivity contribution in [3.05, 3.63) is 114 Å². The lowest BCUT2D eigenvalue weighted by Crippen LogP contribution is -2.47. The third-order valence-corrected chi connectivity index (χ3v) is 6.38. The lowest BCUT2D eigenvalue weighted by atomic mass is 10.1. The largest absolute Gasteiger partial charge is 0.487 e. The number of rotatable bonds is 7. The second-order valence-corrected chi connectivity index (χ2v) is 9.12. The molecule has 0 aliphatic carbocycles. The van der Waals surface area contributed by atoms with Gasteiger partial charge in [-0.1, -0.05) is 6.07 Å². The van der Waals surface area contributed by atoms with Crippen LogP contribution in [0.25, 0.3) is 0 Å². The molecule has 10 heteroatoms. The van der Waals surface area contributed by atoms with E-state index in [-0.39, 0.29) is 12.2 Å². The standard InChI is InChI=1S/C30H28FN5O4/c1-21-28(6-4-12-32-21)30(38)36(25-7-9-27(10-8-25)40-20-24-5-2-3-11-33-24)34-29(37)22-17-23(31)19-26(18-22)35-13-15-39-16-14-35/h2-12,17-19H,13-16,20H2,1H3,(H,34,37). The minimum Gasteiger partial charge on any atom is -0.487 e. The molecule has 2 aromatic heterocycles. The molecule has 4 aromatic rings. The van der Waals surface area contributed by atoms with E-state index in [1.165, 1.54) is 6.07 Å². The fraction of sp³-hybridized carbons (Fsp3) is 0.200. The van der Waals surface area contributed by atoms with Crippen LogP contribution in [0.15, 0.2) is 85.2 Å². The molecule has 0 spiro atoms. The first-order valence-corrected chi connectivity index (χ1v) is 12.8. The van der Waals surface area contributed by atoms with E-state index in [9.17, 15) is 14.0 Å². The second kappa shape index (κ2) is 12.4. The number of ether oxygens (including phenoxy) is 2. The molecule has 0 atom stereocenters. The molecular weight excluding hydrogens is 513 g/mol. The van der Waals surface area contributed by atoms with Crippen molar-refractivity contribution < 1.29 is 23.5 Å². The number of morpholine rings is 1. The van der Waals surface area contributed by atoms with Gasteiger partial charge in [0.1, 0.15) is 18.2 Å². The second-order valence-electron chi connectivity index (χ2n) is 9.12. The summed E-state index contributed by atoms with van der Waals surface area (Å²) in [5, 5.41) is 1.13. The Labute approximate surface area is 231 Å². The highest BCUT2D eigenvalue weighted by Crippen LogP contribution is 2.23. The van der Waals surface area contributed by atoms with E-state index in [0.717, 1.165) is 16.8 Å². The molecule has 1 aliphatic rings. The quantitative estimate of drug-likeness (QED) is 0.348. The topological polar surface area (TPSA) is 96.9 Å². The molecule has 1 saturated heterocycles. The number of carbonyl (C=O) groups is 2. The Morgan fingerprint density at radius 2 is 1.77 bits per heavy atom. The number of aromatic nitrogens is 2. The molecule has 0 saturated carbocycles. The number of aryl methyl sites for hydroxylation is 1. The summed E-state index contributed by atoms with van der Waals surface area (Å²) in [7, 11) is 0. The van der Waals surface area contributed by atoms with Gasteiger partial charge in [0, 0.05) is 36.7 Å². The molecule has 9 nitrogen and oxygen atoms in total. The summed E-state index contributed by atoms with van der Waals surface area (Å²) in [6.45, 7) is 4.20. The van der Waals surface area contributed by atoms with Gasteiger partial charge in [-0.25, -0.2) is 9.40 Å². The summed E-state index contributed by atoms with van der Waals surface area (Å²) >= 11 is 0. The Bertz CT molecular complexity index is 1480. The Hall–Kier alpha value is -4.83. The van der Waals surface area contributed by atoms with Crippen molar-refractivity contribution >= 4 is 23.2 Å². The predicted octanol–water partition coefficient (Wildman–Crippen LogP) is 4.33. The first kappa shape index (κ1) is 26.8. The van der Waals surface area contributed by atoms with Gasteiger partial charge in [-0.05, 0) is 73.7 Å². The van der Waals surface area contributed by atoms with Crippen LogP contribution in [-0.2, 0) is 11.3 Å². The van der Waals surface area contributed by atoms with Gasteiger partial charge in [0.25, 0.3) is 11.8 Å². The molecule has 40 heavy (non-hydrogen) atoms. The summed E-state index contributed by atoms with van der Waals surface area (Å²) < 4.78 is 25.8. The molecule has 0 radical (unpaired) electrons. The van der Waals surface area contributed by atoms with Gasteiger partial charge in [-0.15, -0.1) is 0 Å². The molecule has 0 unspecified atom stereocenters. The number of hydrazine groups is 1. The van der Waals surface area contributed by atoms with Crippen LogP contribution in [0.2, 0.25) is 0 Å². The molecule has 204 valence electrons. The van der Waals surface area contributed by atoms with Crippen LogP contribution < -0.4 is 20.1 Å². The fourth-order valence-corrected chi connectivity index (χ4v) is 4.27. The zero-order valence-corrected chi connectivity index (χ0v) is 21.9. The SMILES string of the molecule is Cc1ncccc1C(=O)N(NC(=O)c1cc(F)cc(N2CCOCC2)c1)c1ccc(OCc2ccccn2)cc1. The highest BCUT2D eigenvalue weighted by molar-refractivity contribution is 6.09. The summed E-state index contributed by atoms with van der Waals surface area (Å²) in [4.78, 5) is 37.4. The molecule has 1 aliphatic heterocycles. The van der Waals surface area contributed by atoms with Gasteiger partial charge in [0.15, 0.2) is 0 Å². The molecule has 2 aromatic carbocycles. The number of nitrogens with zero attached hydrogens (tertiary/aromatic N) is 4. The van der Waals surface area contributed by atoms with Crippen LogP contribution in [-0.4, -0.2) is 48.1 Å². The van der Waals surface area contributed by atoms with Crippen molar-refractivity contribution in [3.8, 4) is 5.75 Å². The van der Waals surface area contributed by atoms with Gasteiger partial charge in [0.05, 0.1) is 35.9 Å². The maximum Gasteiger partial charge on any atom is 0.278 e. The van der Waals surface area contributed by atoms with Crippen molar-refractivity contribution in [2.45, 2.75) is 13.5 Å². The fourth-order valence-electron chi connectivity index (χ4n) is 4.27. The summed E-state index contributed by atoms with van der Waals surface area (Å²) in [5.74, 6) is -1.12. The van der Waals surface area contributed by atoms with E-state index in [4.69, 9.17) is 9.47 Å². The van der Waals surface area contributed by atoms with Crippen molar-refractivity contribution in [1.29, 1.82) is 0 Å². The van der Waals surface area contributed by atoms with Gasteiger partial charge < -0.3 is 14.4 Å². The van der Waals surface area contributed by atoms with Gasteiger partial charge in [0.2, 0.25) is 0 Å². The van der Waals surface area contributed by atoms with Gasteiger partial charge >= 0.3 is 0 Å². The van der Waals surface area contributed by atoms with Crippen LogP contribution in [0.3, 0.4) is 0 Å². The lowest BCUT2D eigenvalue weighted by Gasteiger charge is -2.29. The Balaban J connectivity index is 1.40. The summed E-state index contributed by atoms with van der Waals surface area (Å²) in [5.41, 5.74) is 5.29. The van der Waals surface area contributed by atoms with Crippen LogP contribution in [0.5, 0.6) is 5.75 Å². The number of anilines is 2. The molecule has 3 heterocycles. The third kappa shape index (κ3) is 6.41. The van der Waals surface area contributed by atoms with Gasteiger partial charge in [-0.3, -0.25) is 25.0 Å². The monoisotopic (exact) mass is 541 g/mol. The number of carbonyl (C=O) groups excluding carboxylic acids is 2. The average Bonchev–Trinajstić information content (AvgIpc) is 2.99. The maximum absolute atomic E-state index is 14.6. The number of halogens is 1. The highest BCUT2D eigenvalue weighted by atomic mass is 19.1.